The number of benzene rings is 2. The second kappa shape index (κ2) is 6.66. The van der Waals surface area contributed by atoms with Crippen molar-refractivity contribution in [3.05, 3.63) is 54.6 Å². The molecule has 0 bridgehead atoms. The first-order valence-corrected chi connectivity index (χ1v) is 7.91. The van der Waals surface area contributed by atoms with Crippen molar-refractivity contribution in [2.45, 2.75) is 38.6 Å². The van der Waals surface area contributed by atoms with Crippen molar-refractivity contribution >= 4 is 5.69 Å². The van der Waals surface area contributed by atoms with Gasteiger partial charge in [0.25, 0.3) is 0 Å². The van der Waals surface area contributed by atoms with E-state index in [0.717, 1.165) is 23.1 Å². The van der Waals surface area contributed by atoms with Crippen molar-refractivity contribution in [3.8, 4) is 11.5 Å². The van der Waals surface area contributed by atoms with Gasteiger partial charge in [-0.15, -0.1) is 0 Å². The largest absolute Gasteiger partial charge is 0.457 e. The van der Waals surface area contributed by atoms with Crippen LogP contribution in [0, 0.1) is 5.92 Å². The number of nitrogens with one attached hydrogen (secondary N) is 1. The Bertz CT molecular complexity index is 561. The van der Waals surface area contributed by atoms with Gasteiger partial charge in [0, 0.05) is 17.8 Å². The average Bonchev–Trinajstić information content (AvgIpc) is 3.03. The highest BCUT2D eigenvalue weighted by atomic mass is 16.5. The van der Waals surface area contributed by atoms with Gasteiger partial charge in [0.1, 0.15) is 11.5 Å². The summed E-state index contributed by atoms with van der Waals surface area (Å²) < 4.78 is 5.89. The molecule has 0 amide bonds. The van der Waals surface area contributed by atoms with Crippen LogP contribution in [-0.4, -0.2) is 6.04 Å². The SMILES string of the molecule is CC(Nc1cccc(Oc2ccccc2)c1)C1CCCC1. The zero-order valence-corrected chi connectivity index (χ0v) is 12.6. The van der Waals surface area contributed by atoms with Gasteiger partial charge >= 0.3 is 0 Å². The summed E-state index contributed by atoms with van der Waals surface area (Å²) in [6.45, 7) is 2.29. The Labute approximate surface area is 127 Å². The van der Waals surface area contributed by atoms with Gasteiger partial charge in [-0.1, -0.05) is 37.1 Å². The number of anilines is 1. The van der Waals surface area contributed by atoms with Crippen LogP contribution < -0.4 is 10.1 Å². The van der Waals surface area contributed by atoms with E-state index in [0.29, 0.717) is 6.04 Å². The maximum Gasteiger partial charge on any atom is 0.129 e. The van der Waals surface area contributed by atoms with Gasteiger partial charge < -0.3 is 10.1 Å². The molecule has 0 radical (unpaired) electrons. The molecule has 0 aromatic heterocycles. The quantitative estimate of drug-likeness (QED) is 0.784. The number of hydrogen-bond donors (Lipinski definition) is 1. The fraction of sp³-hybridized carbons (Fsp3) is 0.368. The van der Waals surface area contributed by atoms with Gasteiger partial charge in [-0.05, 0) is 49.9 Å². The fourth-order valence-corrected chi connectivity index (χ4v) is 3.11. The molecule has 2 nitrogen and oxygen atoms in total. The molecule has 1 unspecified atom stereocenters. The van der Waals surface area contributed by atoms with Crippen LogP contribution in [0.15, 0.2) is 54.6 Å². The van der Waals surface area contributed by atoms with Crippen molar-refractivity contribution in [1.29, 1.82) is 0 Å². The monoisotopic (exact) mass is 281 g/mol. The zero-order valence-electron chi connectivity index (χ0n) is 12.6. The van der Waals surface area contributed by atoms with E-state index in [1.165, 1.54) is 25.7 Å². The highest BCUT2D eigenvalue weighted by molar-refractivity contribution is 5.49. The summed E-state index contributed by atoms with van der Waals surface area (Å²) in [7, 11) is 0. The number of rotatable bonds is 5. The first kappa shape index (κ1) is 14.0. The molecule has 0 aliphatic heterocycles. The second-order valence-electron chi connectivity index (χ2n) is 5.92. The summed E-state index contributed by atoms with van der Waals surface area (Å²) in [5.41, 5.74) is 1.14. The standard InChI is InChI=1S/C19H23NO/c1-15(16-8-5-6-9-16)20-17-10-7-13-19(14-17)21-18-11-3-2-4-12-18/h2-4,7,10-16,20H,5-6,8-9H2,1H3. The highest BCUT2D eigenvalue weighted by Gasteiger charge is 2.21. The molecule has 1 aliphatic rings. The fourth-order valence-electron chi connectivity index (χ4n) is 3.11. The first-order chi connectivity index (χ1) is 10.3. The van der Waals surface area contributed by atoms with E-state index in [1.807, 2.05) is 42.5 Å². The summed E-state index contributed by atoms with van der Waals surface area (Å²) >= 11 is 0. The number of para-hydroxylation sites is 1. The molecule has 3 rings (SSSR count). The third-order valence-electron chi connectivity index (χ3n) is 4.31. The van der Waals surface area contributed by atoms with Gasteiger partial charge in [0.05, 0.1) is 0 Å². The summed E-state index contributed by atoms with van der Waals surface area (Å²) in [4.78, 5) is 0. The maximum absolute atomic E-state index is 5.89. The third-order valence-corrected chi connectivity index (χ3v) is 4.31. The molecule has 21 heavy (non-hydrogen) atoms. The Morgan fingerprint density at radius 1 is 0.952 bits per heavy atom. The van der Waals surface area contributed by atoms with Gasteiger partial charge in [0.2, 0.25) is 0 Å². The molecule has 0 spiro atoms. The molecule has 1 N–H and O–H groups in total. The Morgan fingerprint density at radius 2 is 1.67 bits per heavy atom. The Balaban J connectivity index is 1.65. The molecule has 0 saturated heterocycles. The third kappa shape index (κ3) is 3.78. The predicted molar refractivity (Wildman–Crippen MR) is 88.0 cm³/mol. The van der Waals surface area contributed by atoms with Crippen LogP contribution in [0.25, 0.3) is 0 Å². The van der Waals surface area contributed by atoms with Crippen molar-refractivity contribution in [3.63, 3.8) is 0 Å². The minimum Gasteiger partial charge on any atom is -0.457 e. The molecule has 1 fully saturated rings. The molecule has 1 atom stereocenters. The zero-order chi connectivity index (χ0) is 14.5. The minimum atomic E-state index is 0.527. The van der Waals surface area contributed by atoms with Crippen molar-refractivity contribution < 1.29 is 4.74 Å². The van der Waals surface area contributed by atoms with Gasteiger partial charge in [-0.2, -0.15) is 0 Å². The molecule has 2 aromatic carbocycles. The lowest BCUT2D eigenvalue weighted by atomic mass is 9.99. The number of hydrogen-bond acceptors (Lipinski definition) is 2. The van der Waals surface area contributed by atoms with Crippen LogP contribution in [0.1, 0.15) is 32.6 Å². The van der Waals surface area contributed by atoms with Crippen LogP contribution >= 0.6 is 0 Å². The molecule has 0 heterocycles. The molecule has 2 heteroatoms. The normalized spacial score (nSPS) is 16.6. The lowest BCUT2D eigenvalue weighted by molar-refractivity contribution is 0.477. The Kier molecular flexibility index (Phi) is 4.44. The molecule has 2 aromatic rings. The van der Waals surface area contributed by atoms with Crippen LogP contribution in [0.4, 0.5) is 5.69 Å². The van der Waals surface area contributed by atoms with Crippen LogP contribution in [0.2, 0.25) is 0 Å². The Hall–Kier alpha value is -1.96. The van der Waals surface area contributed by atoms with E-state index >= 15 is 0 Å². The van der Waals surface area contributed by atoms with E-state index in [1.54, 1.807) is 0 Å². The Morgan fingerprint density at radius 3 is 2.43 bits per heavy atom. The molecule has 1 aliphatic carbocycles. The van der Waals surface area contributed by atoms with Gasteiger partial charge in [-0.25, -0.2) is 0 Å². The lowest BCUT2D eigenvalue weighted by Crippen LogP contribution is -2.23. The van der Waals surface area contributed by atoms with Crippen molar-refractivity contribution in [2.24, 2.45) is 5.92 Å². The molecular formula is C19H23NO. The number of ether oxygens (including phenoxy) is 1. The van der Waals surface area contributed by atoms with Crippen LogP contribution in [0.5, 0.6) is 11.5 Å². The average molecular weight is 281 g/mol. The lowest BCUT2D eigenvalue weighted by Gasteiger charge is -2.21. The van der Waals surface area contributed by atoms with E-state index < -0.39 is 0 Å². The minimum absolute atomic E-state index is 0.527. The molecular weight excluding hydrogens is 258 g/mol. The van der Waals surface area contributed by atoms with Gasteiger partial charge in [0.15, 0.2) is 0 Å². The molecule has 110 valence electrons. The summed E-state index contributed by atoms with van der Waals surface area (Å²) in [6, 6.07) is 18.7. The maximum atomic E-state index is 5.89. The smallest absolute Gasteiger partial charge is 0.129 e. The highest BCUT2D eigenvalue weighted by Crippen LogP contribution is 2.30. The van der Waals surface area contributed by atoms with E-state index in [2.05, 4.69) is 24.4 Å². The van der Waals surface area contributed by atoms with Crippen molar-refractivity contribution in [2.75, 3.05) is 5.32 Å². The predicted octanol–water partition coefficient (Wildman–Crippen LogP) is 5.47. The van der Waals surface area contributed by atoms with E-state index in [9.17, 15) is 0 Å². The second-order valence-corrected chi connectivity index (χ2v) is 5.92. The van der Waals surface area contributed by atoms with Crippen molar-refractivity contribution in [1.82, 2.24) is 0 Å². The van der Waals surface area contributed by atoms with Crippen LogP contribution in [-0.2, 0) is 0 Å². The summed E-state index contributed by atoms with van der Waals surface area (Å²) in [5, 5.41) is 3.63. The van der Waals surface area contributed by atoms with E-state index in [-0.39, 0.29) is 0 Å². The molecule has 1 saturated carbocycles. The van der Waals surface area contributed by atoms with Gasteiger partial charge in [-0.3, -0.25) is 0 Å². The summed E-state index contributed by atoms with van der Waals surface area (Å²) in [5.74, 6) is 2.56. The van der Waals surface area contributed by atoms with Crippen LogP contribution in [0.3, 0.4) is 0 Å². The summed E-state index contributed by atoms with van der Waals surface area (Å²) in [6.07, 6.45) is 5.48. The first-order valence-electron chi connectivity index (χ1n) is 7.91. The van der Waals surface area contributed by atoms with E-state index in [4.69, 9.17) is 4.74 Å². The topological polar surface area (TPSA) is 21.3 Å².